The summed E-state index contributed by atoms with van der Waals surface area (Å²) in [6.45, 7) is 0.354. The summed E-state index contributed by atoms with van der Waals surface area (Å²) in [6, 6.07) is 0. The molecule has 98 valence electrons. The zero-order valence-corrected chi connectivity index (χ0v) is 9.92. The average Bonchev–Trinajstić information content (AvgIpc) is 2.95. The highest BCUT2D eigenvalue weighted by molar-refractivity contribution is 5.94. The number of aromatic nitrogens is 3. The van der Waals surface area contributed by atoms with Gasteiger partial charge >= 0.3 is 5.97 Å². The molecule has 0 aromatic carbocycles. The van der Waals surface area contributed by atoms with Crippen LogP contribution < -0.4 is 4.90 Å². The van der Waals surface area contributed by atoms with Crippen molar-refractivity contribution >= 4 is 17.8 Å². The molecule has 0 saturated carbocycles. The summed E-state index contributed by atoms with van der Waals surface area (Å²) in [5.74, 6) is -0.0663. The molecule has 1 aliphatic rings. The predicted molar refractivity (Wildman–Crippen MR) is 59.6 cm³/mol. The lowest BCUT2D eigenvalue weighted by Crippen LogP contribution is -2.26. The first kappa shape index (κ1) is 12.5. The number of aliphatic hydroxyl groups excluding tert-OH is 1. The lowest BCUT2D eigenvalue weighted by Gasteiger charge is -2.10. The number of anilines is 1. The first-order chi connectivity index (χ1) is 8.63. The Labute approximate surface area is 103 Å². The van der Waals surface area contributed by atoms with Crippen molar-refractivity contribution < 1.29 is 19.4 Å². The van der Waals surface area contributed by atoms with Gasteiger partial charge in [-0.2, -0.15) is 4.98 Å². The van der Waals surface area contributed by atoms with Gasteiger partial charge in [0.2, 0.25) is 5.91 Å². The zero-order chi connectivity index (χ0) is 13.1. The maximum Gasteiger partial charge on any atom is 0.313 e. The summed E-state index contributed by atoms with van der Waals surface area (Å²) in [5.41, 5.74) is 0. The van der Waals surface area contributed by atoms with Crippen LogP contribution in [0.1, 0.15) is 12.2 Å². The van der Waals surface area contributed by atoms with E-state index in [2.05, 4.69) is 19.9 Å². The molecular formula is C10H14N4O4. The van der Waals surface area contributed by atoms with Gasteiger partial charge in [-0.3, -0.25) is 19.6 Å². The quantitative estimate of drug-likeness (QED) is 0.658. The van der Waals surface area contributed by atoms with Crippen molar-refractivity contribution in [2.45, 2.75) is 12.8 Å². The molecule has 2 N–H and O–H groups in total. The van der Waals surface area contributed by atoms with E-state index >= 15 is 0 Å². The van der Waals surface area contributed by atoms with Crippen LogP contribution in [-0.4, -0.2) is 52.4 Å². The highest BCUT2D eigenvalue weighted by Gasteiger charge is 2.32. The number of hydrogen-bond acceptors (Lipinski definition) is 6. The molecule has 0 aliphatic carbocycles. The van der Waals surface area contributed by atoms with Crippen LogP contribution in [0, 0.1) is 5.92 Å². The molecule has 1 aromatic rings. The predicted octanol–water partition coefficient (Wildman–Crippen LogP) is -1.13. The number of esters is 1. The topological polar surface area (TPSA) is 108 Å². The second-order valence-corrected chi connectivity index (χ2v) is 4.09. The number of aromatic amines is 1. The van der Waals surface area contributed by atoms with E-state index in [0.717, 1.165) is 0 Å². The number of aliphatic hydroxyl groups is 1. The van der Waals surface area contributed by atoms with Crippen molar-refractivity contribution in [2.24, 2.45) is 5.92 Å². The second-order valence-electron chi connectivity index (χ2n) is 4.09. The van der Waals surface area contributed by atoms with Gasteiger partial charge in [0.25, 0.3) is 5.95 Å². The Morgan fingerprint density at radius 2 is 2.44 bits per heavy atom. The minimum Gasteiger partial charge on any atom is -0.469 e. The summed E-state index contributed by atoms with van der Waals surface area (Å²) in [5, 5.41) is 15.5. The molecule has 1 aromatic heterocycles. The fourth-order valence-electron chi connectivity index (χ4n) is 1.79. The molecule has 1 amide bonds. The Morgan fingerprint density at radius 3 is 3.06 bits per heavy atom. The Morgan fingerprint density at radius 1 is 1.67 bits per heavy atom. The minimum atomic E-state index is -0.432. The Balaban J connectivity index is 2.06. The molecule has 1 aliphatic heterocycles. The lowest BCUT2D eigenvalue weighted by molar-refractivity contribution is -0.139. The first-order valence-electron chi connectivity index (χ1n) is 5.53. The maximum atomic E-state index is 11.7. The van der Waals surface area contributed by atoms with E-state index in [1.807, 2.05) is 0 Å². The van der Waals surface area contributed by atoms with Crippen LogP contribution in [-0.2, 0) is 20.7 Å². The average molecular weight is 254 g/mol. The third-order valence-electron chi connectivity index (χ3n) is 2.76. The summed E-state index contributed by atoms with van der Waals surface area (Å²) in [4.78, 5) is 28.2. The summed E-state index contributed by atoms with van der Waals surface area (Å²) in [7, 11) is 1.29. The van der Waals surface area contributed by atoms with Gasteiger partial charge in [-0.25, -0.2) is 0 Å². The first-order valence-corrected chi connectivity index (χ1v) is 5.53. The van der Waals surface area contributed by atoms with Gasteiger partial charge in [0, 0.05) is 25.5 Å². The molecular weight excluding hydrogens is 240 g/mol. The van der Waals surface area contributed by atoms with Gasteiger partial charge in [-0.05, 0) is 0 Å². The van der Waals surface area contributed by atoms with Crippen LogP contribution in [0.25, 0.3) is 0 Å². The van der Waals surface area contributed by atoms with Crippen molar-refractivity contribution in [1.82, 2.24) is 15.2 Å². The Hall–Kier alpha value is -1.96. The number of carbonyl (C=O) groups is 2. The molecule has 1 unspecified atom stereocenters. The van der Waals surface area contributed by atoms with Crippen molar-refractivity contribution in [1.29, 1.82) is 0 Å². The molecule has 0 radical (unpaired) electrons. The van der Waals surface area contributed by atoms with Crippen LogP contribution in [0.2, 0.25) is 0 Å². The van der Waals surface area contributed by atoms with Crippen LogP contribution >= 0.6 is 0 Å². The van der Waals surface area contributed by atoms with Crippen molar-refractivity contribution in [3.8, 4) is 0 Å². The number of methoxy groups -OCH3 is 1. The zero-order valence-electron chi connectivity index (χ0n) is 9.92. The third-order valence-corrected chi connectivity index (χ3v) is 2.76. The van der Waals surface area contributed by atoms with E-state index in [1.165, 1.54) is 12.0 Å². The Kier molecular flexibility index (Phi) is 3.56. The van der Waals surface area contributed by atoms with E-state index in [4.69, 9.17) is 5.11 Å². The number of H-pyrrole nitrogens is 1. The van der Waals surface area contributed by atoms with E-state index in [9.17, 15) is 9.59 Å². The summed E-state index contributed by atoms with van der Waals surface area (Å²) in [6.07, 6.45) is 0.270. The van der Waals surface area contributed by atoms with Crippen molar-refractivity contribution in [3.05, 3.63) is 5.82 Å². The molecule has 18 heavy (non-hydrogen) atoms. The largest absolute Gasteiger partial charge is 0.469 e. The van der Waals surface area contributed by atoms with Crippen LogP contribution in [0.15, 0.2) is 0 Å². The fraction of sp³-hybridized carbons (Fsp3) is 0.600. The number of hydrogen-bond donors (Lipinski definition) is 2. The molecule has 0 bridgehead atoms. The van der Waals surface area contributed by atoms with E-state index in [0.29, 0.717) is 12.4 Å². The molecule has 2 rings (SSSR count). The van der Waals surface area contributed by atoms with E-state index in [-0.39, 0.29) is 37.2 Å². The molecule has 1 fully saturated rings. The monoisotopic (exact) mass is 254 g/mol. The number of nitrogens with one attached hydrogen (secondary N) is 1. The fourth-order valence-corrected chi connectivity index (χ4v) is 1.79. The highest BCUT2D eigenvalue weighted by Crippen LogP contribution is 2.21. The number of ether oxygens (including phenoxy) is 1. The number of amides is 1. The van der Waals surface area contributed by atoms with Gasteiger partial charge in [0.1, 0.15) is 12.2 Å². The number of carbonyl (C=O) groups excluding carboxylic acids is 2. The highest BCUT2D eigenvalue weighted by atomic mass is 16.5. The van der Waals surface area contributed by atoms with Gasteiger partial charge in [0.05, 0.1) is 7.11 Å². The number of rotatable bonds is 4. The third kappa shape index (κ3) is 2.48. The van der Waals surface area contributed by atoms with Crippen molar-refractivity contribution in [3.63, 3.8) is 0 Å². The van der Waals surface area contributed by atoms with E-state index in [1.54, 1.807) is 0 Å². The molecule has 0 spiro atoms. The van der Waals surface area contributed by atoms with Gasteiger partial charge in [-0.15, -0.1) is 5.10 Å². The number of nitrogens with zero attached hydrogens (tertiary/aromatic N) is 3. The van der Waals surface area contributed by atoms with Crippen molar-refractivity contribution in [2.75, 3.05) is 25.2 Å². The molecule has 2 heterocycles. The van der Waals surface area contributed by atoms with Crippen LogP contribution in [0.4, 0.5) is 5.95 Å². The lowest BCUT2D eigenvalue weighted by atomic mass is 10.1. The second kappa shape index (κ2) is 5.13. The maximum absolute atomic E-state index is 11.7. The van der Waals surface area contributed by atoms with Gasteiger partial charge in [0.15, 0.2) is 0 Å². The normalized spacial score (nSPS) is 19.3. The molecule has 1 saturated heterocycles. The van der Waals surface area contributed by atoms with Gasteiger partial charge in [-0.1, -0.05) is 0 Å². The van der Waals surface area contributed by atoms with Crippen LogP contribution in [0.5, 0.6) is 0 Å². The Bertz CT molecular complexity index is 458. The summed E-state index contributed by atoms with van der Waals surface area (Å²) < 4.78 is 4.50. The van der Waals surface area contributed by atoms with Gasteiger partial charge < -0.3 is 9.84 Å². The minimum absolute atomic E-state index is 0.0189. The standard InChI is InChI=1S/C10H14N4O4/c1-18-9(17)3-7-11-10(13-12-7)14-4-6(5-15)2-8(14)16/h6,15H,2-5H2,1H3,(H,11,12,13). The smallest absolute Gasteiger partial charge is 0.313 e. The molecule has 8 nitrogen and oxygen atoms in total. The SMILES string of the molecule is COC(=O)Cc1nc(N2CC(CO)CC2=O)n[nH]1. The van der Waals surface area contributed by atoms with Crippen LogP contribution in [0.3, 0.4) is 0 Å². The summed E-state index contributed by atoms with van der Waals surface area (Å²) >= 11 is 0. The molecule has 8 heteroatoms. The molecule has 1 atom stereocenters. The van der Waals surface area contributed by atoms with E-state index < -0.39 is 5.97 Å².